The molecule has 0 aliphatic carbocycles. The summed E-state index contributed by atoms with van der Waals surface area (Å²) in [5.41, 5.74) is 2.47. The zero-order valence-corrected chi connectivity index (χ0v) is 10.9. The molecule has 5 heteroatoms. The number of hydrogen-bond donors (Lipinski definition) is 1. The van der Waals surface area contributed by atoms with Gasteiger partial charge in [-0.15, -0.1) is 0 Å². The Balaban J connectivity index is 2.49. The molecule has 0 unspecified atom stereocenters. The minimum Gasteiger partial charge on any atom is -0.312 e. The van der Waals surface area contributed by atoms with E-state index in [-0.39, 0.29) is 16.0 Å². The van der Waals surface area contributed by atoms with E-state index in [2.05, 4.69) is 30.2 Å². The van der Waals surface area contributed by atoms with Crippen molar-refractivity contribution in [2.24, 2.45) is 5.41 Å². The van der Waals surface area contributed by atoms with Crippen LogP contribution in [0.4, 0.5) is 5.69 Å². The van der Waals surface area contributed by atoms with Crippen LogP contribution in [0.2, 0.25) is 0 Å². The molecule has 1 aliphatic heterocycles. The van der Waals surface area contributed by atoms with Crippen LogP contribution in [-0.2, 0) is 0 Å². The molecule has 96 valence electrons. The Hall–Kier alpha value is -1.75. The Labute approximate surface area is 106 Å². The summed E-state index contributed by atoms with van der Waals surface area (Å²) in [7, 11) is 0. The van der Waals surface area contributed by atoms with Crippen LogP contribution in [0, 0.1) is 22.5 Å². The Kier molecular flexibility index (Phi) is 3.17. The Morgan fingerprint density at radius 3 is 2.83 bits per heavy atom. The van der Waals surface area contributed by atoms with E-state index in [1.807, 2.05) is 0 Å². The van der Waals surface area contributed by atoms with E-state index < -0.39 is 0 Å². The van der Waals surface area contributed by atoms with Crippen molar-refractivity contribution in [3.8, 4) is 0 Å². The lowest BCUT2D eigenvalue weighted by atomic mass is 9.78. The van der Waals surface area contributed by atoms with E-state index in [9.17, 15) is 10.1 Å². The maximum absolute atomic E-state index is 11.0. The smallest absolute Gasteiger partial charge is 0.291 e. The van der Waals surface area contributed by atoms with Gasteiger partial charge in [0.25, 0.3) is 5.69 Å². The number of rotatable bonds is 2. The molecule has 0 fully saturated rings. The van der Waals surface area contributed by atoms with Crippen molar-refractivity contribution < 1.29 is 4.92 Å². The highest BCUT2D eigenvalue weighted by Crippen LogP contribution is 2.36. The average Bonchev–Trinajstić information content (AvgIpc) is 2.29. The van der Waals surface area contributed by atoms with Crippen LogP contribution < -0.4 is 5.32 Å². The van der Waals surface area contributed by atoms with Gasteiger partial charge in [-0.1, -0.05) is 19.9 Å². The van der Waals surface area contributed by atoms with E-state index in [0.29, 0.717) is 5.69 Å². The summed E-state index contributed by atoms with van der Waals surface area (Å²) < 4.78 is 0. The van der Waals surface area contributed by atoms with Crippen LogP contribution in [0.1, 0.15) is 25.1 Å². The molecule has 1 aromatic heterocycles. The molecule has 2 heterocycles. The van der Waals surface area contributed by atoms with Gasteiger partial charge in [-0.25, -0.2) is 0 Å². The predicted molar refractivity (Wildman–Crippen MR) is 70.3 cm³/mol. The van der Waals surface area contributed by atoms with E-state index in [1.165, 1.54) is 0 Å². The van der Waals surface area contributed by atoms with Gasteiger partial charge in [-0.2, -0.15) is 0 Å². The van der Waals surface area contributed by atoms with Crippen LogP contribution in [0.5, 0.6) is 0 Å². The third-order valence-electron chi connectivity index (χ3n) is 3.31. The van der Waals surface area contributed by atoms with Gasteiger partial charge in [0.05, 0.1) is 4.92 Å². The molecule has 1 aliphatic rings. The summed E-state index contributed by atoms with van der Waals surface area (Å²) in [6.45, 7) is 7.55. The standard InChI is InChI=1S/C13H17N3O2/c1-9-12(16(17)18)6-10(7-15-9)11-4-5-14-8-13(11,2)3/h4,6-7,14H,5,8H2,1-3H3. The highest BCUT2D eigenvalue weighted by atomic mass is 16.6. The molecule has 0 bridgehead atoms. The van der Waals surface area contributed by atoms with Crippen LogP contribution >= 0.6 is 0 Å². The van der Waals surface area contributed by atoms with Crippen molar-refractivity contribution in [1.82, 2.24) is 10.3 Å². The Morgan fingerprint density at radius 2 is 2.22 bits per heavy atom. The molecule has 0 aromatic carbocycles. The topological polar surface area (TPSA) is 68.1 Å². The minimum atomic E-state index is -0.375. The van der Waals surface area contributed by atoms with Crippen molar-refractivity contribution in [3.05, 3.63) is 39.7 Å². The first-order chi connectivity index (χ1) is 8.42. The quantitative estimate of drug-likeness (QED) is 0.643. The molecule has 0 saturated carbocycles. The Bertz CT molecular complexity index is 521. The molecular weight excluding hydrogens is 230 g/mol. The SMILES string of the molecule is Cc1ncc(C2=CCNCC2(C)C)cc1[N+](=O)[O-]. The summed E-state index contributed by atoms with van der Waals surface area (Å²) in [5, 5.41) is 14.2. The summed E-state index contributed by atoms with van der Waals surface area (Å²) >= 11 is 0. The van der Waals surface area contributed by atoms with Crippen molar-refractivity contribution in [2.45, 2.75) is 20.8 Å². The number of aryl methyl sites for hydroxylation is 1. The van der Waals surface area contributed by atoms with Crippen LogP contribution in [0.3, 0.4) is 0 Å². The largest absolute Gasteiger partial charge is 0.312 e. The first-order valence-electron chi connectivity index (χ1n) is 5.94. The number of aromatic nitrogens is 1. The van der Waals surface area contributed by atoms with Gasteiger partial charge in [-0.3, -0.25) is 15.1 Å². The number of nitro groups is 1. The lowest BCUT2D eigenvalue weighted by Crippen LogP contribution is -2.35. The molecule has 0 spiro atoms. The number of nitrogens with zero attached hydrogens (tertiary/aromatic N) is 2. The molecule has 0 saturated heterocycles. The molecule has 0 amide bonds. The second-order valence-electron chi connectivity index (χ2n) is 5.22. The fraction of sp³-hybridized carbons (Fsp3) is 0.462. The monoisotopic (exact) mass is 247 g/mol. The third kappa shape index (κ3) is 2.26. The lowest BCUT2D eigenvalue weighted by molar-refractivity contribution is -0.385. The summed E-state index contributed by atoms with van der Waals surface area (Å²) in [6, 6.07) is 1.63. The first-order valence-corrected chi connectivity index (χ1v) is 5.94. The van der Waals surface area contributed by atoms with Crippen molar-refractivity contribution >= 4 is 11.3 Å². The second kappa shape index (κ2) is 4.49. The predicted octanol–water partition coefficient (Wildman–Crippen LogP) is 2.31. The number of hydrogen-bond acceptors (Lipinski definition) is 4. The van der Waals surface area contributed by atoms with Crippen molar-refractivity contribution in [3.63, 3.8) is 0 Å². The average molecular weight is 247 g/mol. The van der Waals surface area contributed by atoms with Gasteiger partial charge in [0, 0.05) is 36.3 Å². The van der Waals surface area contributed by atoms with E-state index >= 15 is 0 Å². The van der Waals surface area contributed by atoms with Crippen molar-refractivity contribution in [2.75, 3.05) is 13.1 Å². The van der Waals surface area contributed by atoms with Gasteiger partial charge >= 0.3 is 0 Å². The van der Waals surface area contributed by atoms with E-state index in [1.54, 1.807) is 19.2 Å². The second-order valence-corrected chi connectivity index (χ2v) is 5.22. The maximum Gasteiger partial charge on any atom is 0.291 e. The third-order valence-corrected chi connectivity index (χ3v) is 3.31. The highest BCUT2D eigenvalue weighted by Gasteiger charge is 2.28. The lowest BCUT2D eigenvalue weighted by Gasteiger charge is -2.32. The molecule has 0 radical (unpaired) electrons. The van der Waals surface area contributed by atoms with Crippen LogP contribution in [0.15, 0.2) is 18.3 Å². The van der Waals surface area contributed by atoms with Gasteiger partial charge < -0.3 is 5.32 Å². The van der Waals surface area contributed by atoms with Gasteiger partial charge in [0.2, 0.25) is 0 Å². The fourth-order valence-electron chi connectivity index (χ4n) is 2.29. The van der Waals surface area contributed by atoms with Crippen LogP contribution in [0.25, 0.3) is 5.57 Å². The number of nitrogens with one attached hydrogen (secondary N) is 1. The summed E-state index contributed by atoms with van der Waals surface area (Å²) in [6.07, 6.45) is 3.81. The molecule has 5 nitrogen and oxygen atoms in total. The van der Waals surface area contributed by atoms with Crippen LogP contribution in [-0.4, -0.2) is 23.0 Å². The maximum atomic E-state index is 11.0. The molecule has 1 aromatic rings. The molecule has 1 N–H and O–H groups in total. The normalized spacial score (nSPS) is 18.3. The van der Waals surface area contributed by atoms with Gasteiger partial charge in [-0.05, 0) is 12.5 Å². The summed E-state index contributed by atoms with van der Waals surface area (Å²) in [4.78, 5) is 14.7. The molecule has 0 atom stereocenters. The number of pyridine rings is 1. The molecule has 18 heavy (non-hydrogen) atoms. The summed E-state index contributed by atoms with van der Waals surface area (Å²) in [5.74, 6) is 0. The van der Waals surface area contributed by atoms with Gasteiger partial charge in [0.15, 0.2) is 0 Å². The highest BCUT2D eigenvalue weighted by molar-refractivity contribution is 5.72. The van der Waals surface area contributed by atoms with E-state index in [4.69, 9.17) is 0 Å². The molecular formula is C13H17N3O2. The zero-order chi connectivity index (χ0) is 13.3. The van der Waals surface area contributed by atoms with E-state index in [0.717, 1.165) is 24.2 Å². The zero-order valence-electron chi connectivity index (χ0n) is 10.9. The first kappa shape index (κ1) is 12.7. The van der Waals surface area contributed by atoms with Gasteiger partial charge in [0.1, 0.15) is 5.69 Å². The molecule has 2 rings (SSSR count). The fourth-order valence-corrected chi connectivity index (χ4v) is 2.29. The van der Waals surface area contributed by atoms with Crippen molar-refractivity contribution in [1.29, 1.82) is 0 Å². The Morgan fingerprint density at radius 1 is 1.50 bits per heavy atom. The minimum absolute atomic E-state index is 0.0386.